The van der Waals surface area contributed by atoms with Crippen LogP contribution in [-0.2, 0) is 0 Å². The second kappa shape index (κ2) is 9.07. The highest BCUT2D eigenvalue weighted by Gasteiger charge is 2.16. The van der Waals surface area contributed by atoms with Crippen LogP contribution in [0.4, 0.5) is 0 Å². The zero-order chi connectivity index (χ0) is 14.1. The van der Waals surface area contributed by atoms with E-state index < -0.39 is 0 Å². The summed E-state index contributed by atoms with van der Waals surface area (Å²) in [4.78, 5) is 0. The minimum Gasteiger partial charge on any atom is -0.497 e. The van der Waals surface area contributed by atoms with Crippen LogP contribution >= 0.6 is 11.8 Å². The van der Waals surface area contributed by atoms with Crippen LogP contribution in [0.15, 0.2) is 18.2 Å². The molecule has 19 heavy (non-hydrogen) atoms. The Balaban J connectivity index is 2.87. The number of aliphatic hydroxyl groups excluding tert-OH is 1. The molecule has 0 spiro atoms. The molecule has 0 amide bonds. The molecule has 0 aliphatic carbocycles. The molecule has 0 radical (unpaired) electrons. The molecule has 0 aliphatic rings. The third-order valence-electron chi connectivity index (χ3n) is 2.79. The molecule has 0 saturated carbocycles. The third kappa shape index (κ3) is 4.93. The Morgan fingerprint density at radius 3 is 2.68 bits per heavy atom. The smallest absolute Gasteiger partial charge is 0.127 e. The van der Waals surface area contributed by atoms with Crippen molar-refractivity contribution in [1.29, 1.82) is 0 Å². The summed E-state index contributed by atoms with van der Waals surface area (Å²) in [7, 11) is 3.31. The Labute approximate surface area is 119 Å². The van der Waals surface area contributed by atoms with E-state index in [9.17, 15) is 0 Å². The number of benzene rings is 1. The van der Waals surface area contributed by atoms with Gasteiger partial charge in [-0.3, -0.25) is 0 Å². The van der Waals surface area contributed by atoms with Crippen LogP contribution < -0.4 is 14.8 Å². The summed E-state index contributed by atoms with van der Waals surface area (Å²) in [5.74, 6) is 3.27. The monoisotopic (exact) mass is 285 g/mol. The van der Waals surface area contributed by atoms with E-state index in [2.05, 4.69) is 12.2 Å². The van der Waals surface area contributed by atoms with Crippen molar-refractivity contribution in [2.24, 2.45) is 0 Å². The molecule has 0 saturated heterocycles. The fourth-order valence-corrected chi connectivity index (χ4v) is 2.71. The van der Waals surface area contributed by atoms with E-state index in [4.69, 9.17) is 14.6 Å². The number of aliphatic hydroxyl groups is 1. The summed E-state index contributed by atoms with van der Waals surface area (Å²) in [6.45, 7) is 3.18. The minimum atomic E-state index is 0.211. The molecule has 1 rings (SSSR count). The van der Waals surface area contributed by atoms with Crippen LogP contribution in [0.1, 0.15) is 18.5 Å². The highest BCUT2D eigenvalue weighted by atomic mass is 32.2. The van der Waals surface area contributed by atoms with Crippen molar-refractivity contribution in [3.8, 4) is 11.5 Å². The summed E-state index contributed by atoms with van der Waals surface area (Å²) >= 11 is 1.73. The summed E-state index contributed by atoms with van der Waals surface area (Å²) in [5.41, 5.74) is 1.12. The Morgan fingerprint density at radius 2 is 2.11 bits per heavy atom. The van der Waals surface area contributed by atoms with Gasteiger partial charge in [0, 0.05) is 29.2 Å². The Morgan fingerprint density at radius 1 is 1.32 bits per heavy atom. The number of rotatable bonds is 9. The molecule has 0 fully saturated rings. The number of hydrogen-bond acceptors (Lipinski definition) is 5. The molecule has 1 atom stereocenters. The van der Waals surface area contributed by atoms with Crippen LogP contribution in [0.5, 0.6) is 11.5 Å². The molecular weight excluding hydrogens is 262 g/mol. The zero-order valence-corrected chi connectivity index (χ0v) is 12.6. The van der Waals surface area contributed by atoms with E-state index in [1.807, 2.05) is 18.2 Å². The van der Waals surface area contributed by atoms with E-state index in [0.717, 1.165) is 35.1 Å². The summed E-state index contributed by atoms with van der Waals surface area (Å²) in [5, 5.41) is 12.3. The number of methoxy groups -OCH3 is 2. The third-order valence-corrected chi connectivity index (χ3v) is 3.83. The molecule has 0 heterocycles. The molecule has 1 aromatic rings. The molecule has 0 bridgehead atoms. The number of thioether (sulfide) groups is 1. The largest absolute Gasteiger partial charge is 0.497 e. The number of nitrogens with one attached hydrogen (secondary N) is 1. The maximum atomic E-state index is 8.87. The second-order valence-electron chi connectivity index (χ2n) is 4.02. The van der Waals surface area contributed by atoms with Gasteiger partial charge in [-0.2, -0.15) is 11.8 Å². The van der Waals surface area contributed by atoms with Crippen LogP contribution in [0.2, 0.25) is 0 Å². The SMILES string of the molecule is CCNC(CSCCO)c1ccc(OC)cc1OC. The predicted molar refractivity (Wildman–Crippen MR) is 80.4 cm³/mol. The zero-order valence-electron chi connectivity index (χ0n) is 11.8. The van der Waals surface area contributed by atoms with Crippen LogP contribution in [0.25, 0.3) is 0 Å². The highest BCUT2D eigenvalue weighted by molar-refractivity contribution is 7.99. The first-order valence-electron chi connectivity index (χ1n) is 6.40. The van der Waals surface area contributed by atoms with Gasteiger partial charge in [0.15, 0.2) is 0 Å². The summed E-state index contributed by atoms with van der Waals surface area (Å²) < 4.78 is 10.7. The second-order valence-corrected chi connectivity index (χ2v) is 5.17. The van der Waals surface area contributed by atoms with Gasteiger partial charge in [-0.15, -0.1) is 0 Å². The lowest BCUT2D eigenvalue weighted by atomic mass is 10.1. The summed E-state index contributed by atoms with van der Waals surface area (Å²) in [6, 6.07) is 6.09. The lowest BCUT2D eigenvalue weighted by molar-refractivity contribution is 0.322. The predicted octanol–water partition coefficient (Wildman–Crippen LogP) is 2.08. The van der Waals surface area contributed by atoms with Gasteiger partial charge in [0.25, 0.3) is 0 Å². The molecule has 0 aliphatic heterocycles. The molecule has 4 nitrogen and oxygen atoms in total. The molecule has 5 heteroatoms. The maximum Gasteiger partial charge on any atom is 0.127 e. The minimum absolute atomic E-state index is 0.211. The number of hydrogen-bond donors (Lipinski definition) is 2. The molecule has 1 aromatic carbocycles. The van der Waals surface area contributed by atoms with E-state index >= 15 is 0 Å². The fourth-order valence-electron chi connectivity index (χ4n) is 1.88. The molecular formula is C14H23NO3S. The quantitative estimate of drug-likeness (QED) is 0.680. The van der Waals surface area contributed by atoms with Gasteiger partial charge in [-0.05, 0) is 12.6 Å². The Kier molecular flexibility index (Phi) is 7.70. The first-order chi connectivity index (χ1) is 9.26. The standard InChI is InChI=1S/C14H23NO3S/c1-4-15-13(10-19-8-7-16)12-6-5-11(17-2)9-14(12)18-3/h5-6,9,13,15-16H,4,7-8,10H2,1-3H3. The average Bonchev–Trinajstić information content (AvgIpc) is 2.46. The van der Waals surface area contributed by atoms with Crippen LogP contribution in [0.3, 0.4) is 0 Å². The van der Waals surface area contributed by atoms with Gasteiger partial charge < -0.3 is 19.9 Å². The Hall–Kier alpha value is -0.910. The highest BCUT2D eigenvalue weighted by Crippen LogP contribution is 2.31. The fraction of sp³-hybridized carbons (Fsp3) is 0.571. The van der Waals surface area contributed by atoms with E-state index in [0.29, 0.717) is 0 Å². The van der Waals surface area contributed by atoms with Crippen molar-refractivity contribution < 1.29 is 14.6 Å². The first-order valence-corrected chi connectivity index (χ1v) is 7.56. The molecule has 1 unspecified atom stereocenters. The van der Waals surface area contributed by atoms with Crippen molar-refractivity contribution in [2.45, 2.75) is 13.0 Å². The Bertz CT molecular complexity index is 374. The van der Waals surface area contributed by atoms with E-state index in [1.54, 1.807) is 26.0 Å². The van der Waals surface area contributed by atoms with Crippen molar-refractivity contribution >= 4 is 11.8 Å². The lowest BCUT2D eigenvalue weighted by Crippen LogP contribution is -2.23. The van der Waals surface area contributed by atoms with Crippen LogP contribution in [0, 0.1) is 0 Å². The number of ether oxygens (including phenoxy) is 2. The normalized spacial score (nSPS) is 12.2. The van der Waals surface area contributed by atoms with E-state index in [-0.39, 0.29) is 12.6 Å². The summed E-state index contributed by atoms with van der Waals surface area (Å²) in [6.07, 6.45) is 0. The van der Waals surface area contributed by atoms with Gasteiger partial charge in [-0.25, -0.2) is 0 Å². The lowest BCUT2D eigenvalue weighted by Gasteiger charge is -2.21. The van der Waals surface area contributed by atoms with Gasteiger partial charge in [0.2, 0.25) is 0 Å². The van der Waals surface area contributed by atoms with Crippen molar-refractivity contribution in [3.63, 3.8) is 0 Å². The molecule has 108 valence electrons. The average molecular weight is 285 g/mol. The van der Waals surface area contributed by atoms with Gasteiger partial charge in [-0.1, -0.05) is 13.0 Å². The maximum absolute atomic E-state index is 8.87. The van der Waals surface area contributed by atoms with Crippen molar-refractivity contribution in [3.05, 3.63) is 23.8 Å². The van der Waals surface area contributed by atoms with Gasteiger partial charge in [0.1, 0.15) is 11.5 Å². The van der Waals surface area contributed by atoms with Crippen molar-refractivity contribution in [2.75, 3.05) is 38.9 Å². The molecule has 2 N–H and O–H groups in total. The topological polar surface area (TPSA) is 50.7 Å². The van der Waals surface area contributed by atoms with Crippen LogP contribution in [-0.4, -0.2) is 44.0 Å². The van der Waals surface area contributed by atoms with Gasteiger partial charge in [0.05, 0.1) is 20.8 Å². The molecule has 0 aromatic heterocycles. The van der Waals surface area contributed by atoms with Crippen molar-refractivity contribution in [1.82, 2.24) is 5.32 Å². The van der Waals surface area contributed by atoms with Gasteiger partial charge >= 0.3 is 0 Å². The first kappa shape index (κ1) is 16.1. The van der Waals surface area contributed by atoms with E-state index in [1.165, 1.54) is 0 Å².